The van der Waals surface area contributed by atoms with Crippen LogP contribution in [-0.2, 0) is 22.7 Å². The third kappa shape index (κ3) is 4.01. The van der Waals surface area contributed by atoms with Crippen LogP contribution in [0.3, 0.4) is 0 Å². The van der Waals surface area contributed by atoms with E-state index in [0.717, 1.165) is 0 Å². The van der Waals surface area contributed by atoms with Crippen molar-refractivity contribution in [1.29, 1.82) is 0 Å². The predicted octanol–water partition coefficient (Wildman–Crippen LogP) is 4.13. The van der Waals surface area contributed by atoms with E-state index >= 15 is 0 Å². The summed E-state index contributed by atoms with van der Waals surface area (Å²) in [5.41, 5.74) is 0.956. The zero-order valence-corrected chi connectivity index (χ0v) is 14.2. The fourth-order valence-electron chi connectivity index (χ4n) is 2.39. The van der Waals surface area contributed by atoms with Gasteiger partial charge in [0.05, 0.1) is 17.1 Å². The topological polar surface area (TPSA) is 87.9 Å². The molecule has 0 aromatic heterocycles. The Hall–Kier alpha value is -2.35. The van der Waals surface area contributed by atoms with Gasteiger partial charge in [-0.05, 0) is 18.2 Å². The SMILES string of the molecule is O=C(OCc1cc([N+](=O)[O-])cc2c1OCOC2)c1cc(Cl)cc(Cl)c1. The number of carbonyl (C=O) groups excluding carboxylic acids is 1. The Bertz CT molecular complexity index is 835. The lowest BCUT2D eigenvalue weighted by molar-refractivity contribution is -0.385. The number of benzene rings is 2. The number of esters is 1. The number of halogens is 2. The van der Waals surface area contributed by atoms with E-state index in [9.17, 15) is 14.9 Å². The van der Waals surface area contributed by atoms with E-state index in [1.807, 2.05) is 0 Å². The van der Waals surface area contributed by atoms with Crippen LogP contribution in [0.1, 0.15) is 21.5 Å². The van der Waals surface area contributed by atoms with Gasteiger partial charge in [-0.2, -0.15) is 0 Å². The van der Waals surface area contributed by atoms with Crippen LogP contribution in [0.15, 0.2) is 30.3 Å². The number of nitro groups is 1. The van der Waals surface area contributed by atoms with Gasteiger partial charge in [-0.3, -0.25) is 10.1 Å². The summed E-state index contributed by atoms with van der Waals surface area (Å²) >= 11 is 11.7. The first-order chi connectivity index (χ1) is 11.9. The molecule has 9 heteroatoms. The fourth-order valence-corrected chi connectivity index (χ4v) is 2.92. The molecule has 0 saturated carbocycles. The van der Waals surface area contributed by atoms with Crippen molar-refractivity contribution in [3.8, 4) is 5.75 Å². The average Bonchev–Trinajstić information content (AvgIpc) is 2.58. The van der Waals surface area contributed by atoms with E-state index in [4.69, 9.17) is 37.4 Å². The Morgan fingerprint density at radius 3 is 2.60 bits per heavy atom. The molecule has 0 unspecified atom stereocenters. The molecule has 25 heavy (non-hydrogen) atoms. The van der Waals surface area contributed by atoms with Crippen molar-refractivity contribution in [2.24, 2.45) is 0 Å². The quantitative estimate of drug-likeness (QED) is 0.448. The highest BCUT2D eigenvalue weighted by atomic mass is 35.5. The molecule has 0 amide bonds. The van der Waals surface area contributed by atoms with Crippen LogP contribution < -0.4 is 4.74 Å². The number of non-ortho nitro benzene ring substituents is 1. The lowest BCUT2D eigenvalue weighted by Gasteiger charge is -2.20. The highest BCUT2D eigenvalue weighted by molar-refractivity contribution is 6.35. The van der Waals surface area contributed by atoms with E-state index in [-0.39, 0.29) is 31.3 Å². The monoisotopic (exact) mass is 383 g/mol. The highest BCUT2D eigenvalue weighted by Gasteiger charge is 2.22. The number of nitro benzene ring substituents is 1. The summed E-state index contributed by atoms with van der Waals surface area (Å²) in [7, 11) is 0. The van der Waals surface area contributed by atoms with Crippen molar-refractivity contribution in [1.82, 2.24) is 0 Å². The summed E-state index contributed by atoms with van der Waals surface area (Å²) in [5, 5.41) is 11.7. The van der Waals surface area contributed by atoms with Crippen LogP contribution in [0.5, 0.6) is 5.75 Å². The number of hydrogen-bond acceptors (Lipinski definition) is 6. The molecule has 1 aliphatic rings. The van der Waals surface area contributed by atoms with Crippen molar-refractivity contribution in [3.05, 3.63) is 67.2 Å². The maximum absolute atomic E-state index is 12.2. The third-order valence-corrected chi connectivity index (χ3v) is 3.88. The van der Waals surface area contributed by atoms with Crippen molar-refractivity contribution in [2.75, 3.05) is 6.79 Å². The summed E-state index contributed by atoms with van der Waals surface area (Å²) in [6, 6.07) is 7.01. The van der Waals surface area contributed by atoms with Crippen molar-refractivity contribution < 1.29 is 23.9 Å². The van der Waals surface area contributed by atoms with E-state index < -0.39 is 10.9 Å². The van der Waals surface area contributed by atoms with Gasteiger partial charge in [0.25, 0.3) is 5.69 Å². The van der Waals surface area contributed by atoms with Gasteiger partial charge in [0.1, 0.15) is 12.4 Å². The number of fused-ring (bicyclic) bond motifs is 1. The van der Waals surface area contributed by atoms with E-state index in [1.165, 1.54) is 30.3 Å². The maximum Gasteiger partial charge on any atom is 0.338 e. The normalized spacial score (nSPS) is 12.9. The maximum atomic E-state index is 12.2. The molecule has 0 aliphatic carbocycles. The first kappa shape index (κ1) is 17.5. The molecule has 0 bridgehead atoms. The Labute approximate surface area is 152 Å². The van der Waals surface area contributed by atoms with E-state index in [0.29, 0.717) is 26.9 Å². The zero-order valence-electron chi connectivity index (χ0n) is 12.7. The smallest absolute Gasteiger partial charge is 0.338 e. The molecule has 0 fully saturated rings. The minimum Gasteiger partial charge on any atom is -0.467 e. The summed E-state index contributed by atoms with van der Waals surface area (Å²) in [6.45, 7) is 0.00446. The first-order valence-electron chi connectivity index (χ1n) is 7.08. The average molecular weight is 384 g/mol. The van der Waals surface area contributed by atoms with Crippen LogP contribution in [0.25, 0.3) is 0 Å². The van der Waals surface area contributed by atoms with Crippen LogP contribution in [0.2, 0.25) is 10.0 Å². The number of carbonyl (C=O) groups is 1. The van der Waals surface area contributed by atoms with Gasteiger partial charge >= 0.3 is 5.97 Å². The molecule has 0 N–H and O–H groups in total. The molecule has 7 nitrogen and oxygen atoms in total. The standard InChI is InChI=1S/C16H11Cl2NO6/c17-12-1-9(2-13(18)5-12)16(20)24-7-11-4-14(19(21)22)3-10-6-23-8-25-15(10)11/h1-5H,6-8H2. The fraction of sp³-hybridized carbons (Fsp3) is 0.188. The van der Waals surface area contributed by atoms with Gasteiger partial charge in [-0.25, -0.2) is 4.79 Å². The van der Waals surface area contributed by atoms with Crippen LogP contribution in [0.4, 0.5) is 5.69 Å². The first-order valence-corrected chi connectivity index (χ1v) is 7.83. The Balaban J connectivity index is 1.83. The van der Waals surface area contributed by atoms with Crippen LogP contribution in [0, 0.1) is 10.1 Å². The lowest BCUT2D eigenvalue weighted by Crippen LogP contribution is -2.15. The molecule has 0 radical (unpaired) electrons. The number of hydrogen-bond donors (Lipinski definition) is 0. The zero-order chi connectivity index (χ0) is 18.0. The van der Waals surface area contributed by atoms with E-state index in [2.05, 4.69) is 0 Å². The highest BCUT2D eigenvalue weighted by Crippen LogP contribution is 2.33. The molecule has 3 rings (SSSR count). The molecule has 0 saturated heterocycles. The van der Waals surface area contributed by atoms with Crippen molar-refractivity contribution in [2.45, 2.75) is 13.2 Å². The van der Waals surface area contributed by atoms with Crippen molar-refractivity contribution >= 4 is 34.9 Å². The minimum atomic E-state index is -0.656. The lowest BCUT2D eigenvalue weighted by atomic mass is 10.1. The van der Waals surface area contributed by atoms with Gasteiger partial charge in [0, 0.05) is 33.3 Å². The van der Waals surface area contributed by atoms with Crippen molar-refractivity contribution in [3.63, 3.8) is 0 Å². The van der Waals surface area contributed by atoms with Gasteiger partial charge in [-0.15, -0.1) is 0 Å². The second-order valence-corrected chi connectivity index (χ2v) is 6.07. The van der Waals surface area contributed by atoms with Gasteiger partial charge in [0.2, 0.25) is 0 Å². The number of rotatable bonds is 4. The predicted molar refractivity (Wildman–Crippen MR) is 89.0 cm³/mol. The Kier molecular flexibility index (Phi) is 5.08. The van der Waals surface area contributed by atoms with Gasteiger partial charge in [-0.1, -0.05) is 23.2 Å². The molecule has 1 heterocycles. The number of ether oxygens (including phenoxy) is 3. The Morgan fingerprint density at radius 1 is 1.20 bits per heavy atom. The van der Waals surface area contributed by atoms with Crippen LogP contribution in [-0.4, -0.2) is 17.7 Å². The molecule has 0 spiro atoms. The summed E-state index contributed by atoms with van der Waals surface area (Å²) in [5.74, 6) is -0.231. The summed E-state index contributed by atoms with van der Waals surface area (Å²) in [4.78, 5) is 22.7. The minimum absolute atomic E-state index is 0.0235. The molecule has 2 aromatic carbocycles. The second-order valence-electron chi connectivity index (χ2n) is 5.20. The molecular weight excluding hydrogens is 373 g/mol. The third-order valence-electron chi connectivity index (χ3n) is 3.44. The largest absolute Gasteiger partial charge is 0.467 e. The molecule has 0 atom stereocenters. The van der Waals surface area contributed by atoms with Gasteiger partial charge in [0.15, 0.2) is 6.79 Å². The molecule has 2 aromatic rings. The molecular formula is C16H11Cl2NO6. The second kappa shape index (κ2) is 7.26. The Morgan fingerprint density at radius 2 is 1.92 bits per heavy atom. The molecule has 1 aliphatic heterocycles. The number of nitrogens with zero attached hydrogens (tertiary/aromatic N) is 1. The van der Waals surface area contributed by atoms with Gasteiger partial charge < -0.3 is 14.2 Å². The molecule has 130 valence electrons. The van der Waals surface area contributed by atoms with Crippen LogP contribution >= 0.6 is 23.2 Å². The summed E-state index contributed by atoms with van der Waals surface area (Å²) < 4.78 is 15.7. The summed E-state index contributed by atoms with van der Waals surface area (Å²) in [6.07, 6.45) is 0. The van der Waals surface area contributed by atoms with E-state index in [1.54, 1.807) is 0 Å².